The van der Waals surface area contributed by atoms with Crippen molar-refractivity contribution in [3.05, 3.63) is 29.1 Å². The number of rotatable bonds is 3. The molecule has 2 rings (SSSR count). The van der Waals surface area contributed by atoms with Crippen LogP contribution in [0.3, 0.4) is 0 Å². The number of pyridine rings is 1. The largest absolute Gasteiger partial charge is 0.299 e. The van der Waals surface area contributed by atoms with Gasteiger partial charge in [0.1, 0.15) is 5.69 Å². The maximum atomic E-state index is 10.6. The molecule has 0 bridgehead atoms. The second kappa shape index (κ2) is 4.53. The van der Waals surface area contributed by atoms with Crippen molar-refractivity contribution in [1.82, 2.24) is 9.88 Å². The van der Waals surface area contributed by atoms with Gasteiger partial charge in [-0.1, -0.05) is 6.07 Å². The second-order valence-corrected chi connectivity index (χ2v) is 4.15. The van der Waals surface area contributed by atoms with E-state index in [2.05, 4.69) is 16.0 Å². The summed E-state index contributed by atoms with van der Waals surface area (Å²) in [5.74, 6) is 0. The highest BCUT2D eigenvalue weighted by atomic mass is 16.1. The van der Waals surface area contributed by atoms with Gasteiger partial charge in [-0.15, -0.1) is 0 Å². The maximum Gasteiger partial charge on any atom is 0.168 e. The molecule has 0 unspecified atom stereocenters. The van der Waals surface area contributed by atoms with E-state index in [-0.39, 0.29) is 0 Å². The lowest BCUT2D eigenvalue weighted by Gasteiger charge is -2.14. The Morgan fingerprint density at radius 3 is 2.80 bits per heavy atom. The lowest BCUT2D eigenvalue weighted by molar-refractivity contribution is 0.111. The molecule has 1 fully saturated rings. The molecule has 0 amide bonds. The molecular formula is C12H16N2O. The zero-order valence-electron chi connectivity index (χ0n) is 9.07. The SMILES string of the molecule is Cc1cc(CN2CCCC2)cnc1C=O. The third-order valence-electron chi connectivity index (χ3n) is 2.89. The van der Waals surface area contributed by atoms with Crippen LogP contribution in [0.2, 0.25) is 0 Å². The average molecular weight is 204 g/mol. The minimum absolute atomic E-state index is 0.556. The lowest BCUT2D eigenvalue weighted by Crippen LogP contribution is -2.18. The van der Waals surface area contributed by atoms with Crippen molar-refractivity contribution in [2.45, 2.75) is 26.3 Å². The molecule has 80 valence electrons. The molecule has 0 spiro atoms. The van der Waals surface area contributed by atoms with Crippen molar-refractivity contribution >= 4 is 6.29 Å². The first-order chi connectivity index (χ1) is 7.29. The van der Waals surface area contributed by atoms with Crippen LogP contribution in [0.1, 0.15) is 34.5 Å². The van der Waals surface area contributed by atoms with Gasteiger partial charge in [0.2, 0.25) is 0 Å². The Morgan fingerprint density at radius 2 is 2.20 bits per heavy atom. The molecule has 0 radical (unpaired) electrons. The van der Waals surface area contributed by atoms with Gasteiger partial charge in [0.25, 0.3) is 0 Å². The maximum absolute atomic E-state index is 10.6. The quantitative estimate of drug-likeness (QED) is 0.704. The minimum Gasteiger partial charge on any atom is -0.299 e. The molecule has 2 heterocycles. The fourth-order valence-corrected chi connectivity index (χ4v) is 2.05. The monoisotopic (exact) mass is 204 g/mol. The van der Waals surface area contributed by atoms with Crippen molar-refractivity contribution in [3.63, 3.8) is 0 Å². The predicted molar refractivity (Wildman–Crippen MR) is 58.9 cm³/mol. The fraction of sp³-hybridized carbons (Fsp3) is 0.500. The van der Waals surface area contributed by atoms with Gasteiger partial charge in [0.15, 0.2) is 6.29 Å². The summed E-state index contributed by atoms with van der Waals surface area (Å²) >= 11 is 0. The number of hydrogen-bond acceptors (Lipinski definition) is 3. The summed E-state index contributed by atoms with van der Waals surface area (Å²) in [6.07, 6.45) is 5.24. The molecule has 0 aromatic carbocycles. The Balaban J connectivity index is 2.08. The van der Waals surface area contributed by atoms with Crippen LogP contribution in [0.4, 0.5) is 0 Å². The van der Waals surface area contributed by atoms with Crippen molar-refractivity contribution in [3.8, 4) is 0 Å². The topological polar surface area (TPSA) is 33.2 Å². The molecular weight excluding hydrogens is 188 g/mol. The van der Waals surface area contributed by atoms with E-state index in [0.29, 0.717) is 5.69 Å². The number of likely N-dealkylation sites (tertiary alicyclic amines) is 1. The molecule has 15 heavy (non-hydrogen) atoms. The van der Waals surface area contributed by atoms with E-state index >= 15 is 0 Å². The van der Waals surface area contributed by atoms with Crippen molar-refractivity contribution < 1.29 is 4.79 Å². The molecule has 1 saturated heterocycles. The molecule has 0 atom stereocenters. The van der Waals surface area contributed by atoms with Crippen LogP contribution in [-0.2, 0) is 6.54 Å². The first-order valence-electron chi connectivity index (χ1n) is 5.42. The van der Waals surface area contributed by atoms with Gasteiger partial charge in [0, 0.05) is 12.7 Å². The van der Waals surface area contributed by atoms with Gasteiger partial charge in [-0.2, -0.15) is 0 Å². The first kappa shape index (κ1) is 10.3. The second-order valence-electron chi connectivity index (χ2n) is 4.15. The van der Waals surface area contributed by atoms with Gasteiger partial charge >= 0.3 is 0 Å². The minimum atomic E-state index is 0.556. The molecule has 0 aliphatic carbocycles. The van der Waals surface area contributed by atoms with Crippen LogP contribution < -0.4 is 0 Å². The Bertz CT molecular complexity index is 357. The van der Waals surface area contributed by atoms with Crippen LogP contribution in [0.15, 0.2) is 12.3 Å². The smallest absolute Gasteiger partial charge is 0.168 e. The van der Waals surface area contributed by atoms with E-state index in [0.717, 1.165) is 18.4 Å². The van der Waals surface area contributed by atoms with E-state index < -0.39 is 0 Å². The van der Waals surface area contributed by atoms with Gasteiger partial charge < -0.3 is 0 Å². The van der Waals surface area contributed by atoms with E-state index in [4.69, 9.17) is 0 Å². The van der Waals surface area contributed by atoms with Crippen molar-refractivity contribution in [2.24, 2.45) is 0 Å². The summed E-state index contributed by atoms with van der Waals surface area (Å²) in [7, 11) is 0. The van der Waals surface area contributed by atoms with Crippen LogP contribution >= 0.6 is 0 Å². The number of hydrogen-bond donors (Lipinski definition) is 0. The Morgan fingerprint density at radius 1 is 1.47 bits per heavy atom. The van der Waals surface area contributed by atoms with E-state index in [1.54, 1.807) is 0 Å². The van der Waals surface area contributed by atoms with Gasteiger partial charge in [-0.3, -0.25) is 14.7 Å². The highest BCUT2D eigenvalue weighted by molar-refractivity contribution is 5.73. The van der Waals surface area contributed by atoms with E-state index in [1.807, 2.05) is 13.1 Å². The normalized spacial score (nSPS) is 16.9. The molecule has 3 heteroatoms. The van der Waals surface area contributed by atoms with Crippen LogP contribution in [0.5, 0.6) is 0 Å². The van der Waals surface area contributed by atoms with Crippen LogP contribution in [0.25, 0.3) is 0 Å². The molecule has 1 aliphatic heterocycles. The molecule has 0 N–H and O–H groups in total. The Kier molecular flexibility index (Phi) is 3.11. The molecule has 1 aliphatic rings. The van der Waals surface area contributed by atoms with Gasteiger partial charge in [0.05, 0.1) is 0 Å². The summed E-state index contributed by atoms with van der Waals surface area (Å²) in [6, 6.07) is 2.06. The number of aldehydes is 1. The number of carbonyl (C=O) groups is 1. The van der Waals surface area contributed by atoms with E-state index in [9.17, 15) is 4.79 Å². The zero-order valence-corrected chi connectivity index (χ0v) is 9.07. The summed E-state index contributed by atoms with van der Waals surface area (Å²) in [6.45, 7) is 5.28. The van der Waals surface area contributed by atoms with Crippen molar-refractivity contribution in [2.75, 3.05) is 13.1 Å². The average Bonchev–Trinajstić information content (AvgIpc) is 2.71. The van der Waals surface area contributed by atoms with Crippen molar-refractivity contribution in [1.29, 1.82) is 0 Å². The van der Waals surface area contributed by atoms with Gasteiger partial charge in [-0.05, 0) is 44.0 Å². The number of aryl methyl sites for hydroxylation is 1. The highest BCUT2D eigenvalue weighted by Crippen LogP contribution is 2.13. The fourth-order valence-electron chi connectivity index (χ4n) is 2.05. The Labute approximate surface area is 90.1 Å². The van der Waals surface area contributed by atoms with Crippen LogP contribution in [0, 0.1) is 6.92 Å². The standard InChI is InChI=1S/C12H16N2O/c1-10-6-11(7-13-12(10)9-15)8-14-4-2-3-5-14/h6-7,9H,2-5,8H2,1H3. The van der Waals surface area contributed by atoms with E-state index in [1.165, 1.54) is 31.5 Å². The summed E-state index contributed by atoms with van der Waals surface area (Å²) in [4.78, 5) is 17.2. The highest BCUT2D eigenvalue weighted by Gasteiger charge is 2.12. The first-order valence-corrected chi connectivity index (χ1v) is 5.42. The lowest BCUT2D eigenvalue weighted by atomic mass is 10.1. The molecule has 1 aromatic heterocycles. The predicted octanol–water partition coefficient (Wildman–Crippen LogP) is 1.80. The van der Waals surface area contributed by atoms with Crippen LogP contribution in [-0.4, -0.2) is 29.3 Å². The zero-order chi connectivity index (χ0) is 10.7. The number of nitrogens with zero attached hydrogens (tertiary/aromatic N) is 2. The summed E-state index contributed by atoms with van der Waals surface area (Å²) in [5, 5.41) is 0. The number of aromatic nitrogens is 1. The third-order valence-corrected chi connectivity index (χ3v) is 2.89. The molecule has 3 nitrogen and oxygen atoms in total. The molecule has 0 saturated carbocycles. The summed E-state index contributed by atoms with van der Waals surface area (Å²) in [5.41, 5.74) is 2.74. The third kappa shape index (κ3) is 2.42. The summed E-state index contributed by atoms with van der Waals surface area (Å²) < 4.78 is 0. The van der Waals surface area contributed by atoms with Gasteiger partial charge in [-0.25, -0.2) is 0 Å². The Hall–Kier alpha value is -1.22. The number of carbonyl (C=O) groups excluding carboxylic acids is 1. The molecule has 1 aromatic rings.